The normalized spacial score (nSPS) is 16.9. The quantitative estimate of drug-likeness (QED) is 0.857. The summed E-state index contributed by atoms with van der Waals surface area (Å²) in [5, 5.41) is 10.2. The topological polar surface area (TPSA) is 46.2 Å². The third-order valence-corrected chi connectivity index (χ3v) is 3.08. The number of aliphatic hydroxyl groups excluding tert-OH is 1. The summed E-state index contributed by atoms with van der Waals surface area (Å²) in [6.07, 6.45) is 0.126. The predicted molar refractivity (Wildman–Crippen MR) is 63.8 cm³/mol. The molecule has 2 nitrogen and oxygen atoms in total. The molecule has 3 atom stereocenters. The fraction of sp³-hybridized carbons (Fsp3) is 0.500. The molecule has 0 bridgehead atoms. The number of hydrogen-bond donors (Lipinski definition) is 2. The summed E-state index contributed by atoms with van der Waals surface area (Å²) in [4.78, 5) is 0. The maximum atomic E-state index is 13.1. The van der Waals surface area contributed by atoms with Gasteiger partial charge in [-0.25, -0.2) is 4.39 Å². The van der Waals surface area contributed by atoms with Crippen molar-refractivity contribution in [2.45, 2.75) is 32.4 Å². The van der Waals surface area contributed by atoms with E-state index >= 15 is 0 Å². The third-order valence-electron chi connectivity index (χ3n) is 2.86. The van der Waals surface area contributed by atoms with Crippen LogP contribution in [0.25, 0.3) is 0 Å². The minimum atomic E-state index is -0.692. The maximum absolute atomic E-state index is 13.1. The SMILES string of the molecule is CCC(C)[C@@H](O)[C@@H](N)c1cc(F)cc(Cl)c1. The van der Waals surface area contributed by atoms with E-state index in [9.17, 15) is 9.50 Å². The van der Waals surface area contributed by atoms with Gasteiger partial charge in [-0.05, 0) is 29.7 Å². The molecule has 0 aromatic heterocycles. The number of nitrogens with two attached hydrogens (primary N) is 1. The Balaban J connectivity index is 2.91. The van der Waals surface area contributed by atoms with Crippen molar-refractivity contribution in [3.63, 3.8) is 0 Å². The summed E-state index contributed by atoms with van der Waals surface area (Å²) >= 11 is 5.74. The summed E-state index contributed by atoms with van der Waals surface area (Å²) in [5.74, 6) is -0.369. The zero-order chi connectivity index (χ0) is 12.3. The first-order valence-corrected chi connectivity index (χ1v) is 5.73. The molecule has 0 saturated carbocycles. The second-order valence-corrected chi connectivity index (χ2v) is 4.54. The van der Waals surface area contributed by atoms with Crippen LogP contribution < -0.4 is 5.73 Å². The van der Waals surface area contributed by atoms with Crippen molar-refractivity contribution in [3.05, 3.63) is 34.6 Å². The Morgan fingerprint density at radius 3 is 2.56 bits per heavy atom. The van der Waals surface area contributed by atoms with Gasteiger partial charge in [-0.3, -0.25) is 0 Å². The van der Waals surface area contributed by atoms with E-state index < -0.39 is 18.0 Å². The summed E-state index contributed by atoms with van der Waals surface area (Å²) in [6.45, 7) is 3.88. The highest BCUT2D eigenvalue weighted by atomic mass is 35.5. The minimum Gasteiger partial charge on any atom is -0.391 e. The first kappa shape index (κ1) is 13.4. The fourth-order valence-electron chi connectivity index (χ4n) is 1.56. The zero-order valence-electron chi connectivity index (χ0n) is 9.45. The van der Waals surface area contributed by atoms with Gasteiger partial charge in [0.2, 0.25) is 0 Å². The van der Waals surface area contributed by atoms with Crippen LogP contribution in [-0.2, 0) is 0 Å². The van der Waals surface area contributed by atoms with Crippen LogP contribution in [-0.4, -0.2) is 11.2 Å². The first-order valence-electron chi connectivity index (χ1n) is 5.35. The average Bonchev–Trinajstić information content (AvgIpc) is 2.24. The molecule has 1 aromatic rings. The lowest BCUT2D eigenvalue weighted by Gasteiger charge is -2.24. The predicted octanol–water partition coefficient (Wildman–Crippen LogP) is 2.89. The lowest BCUT2D eigenvalue weighted by molar-refractivity contribution is 0.0879. The molecule has 1 aromatic carbocycles. The van der Waals surface area contributed by atoms with Gasteiger partial charge in [0, 0.05) is 5.02 Å². The van der Waals surface area contributed by atoms with E-state index in [0.717, 1.165) is 6.42 Å². The molecule has 1 unspecified atom stereocenters. The molecule has 1 rings (SSSR count). The van der Waals surface area contributed by atoms with Crippen LogP contribution in [0.1, 0.15) is 31.9 Å². The Bertz CT molecular complexity index is 339. The Morgan fingerprint density at radius 2 is 2.06 bits per heavy atom. The summed E-state index contributed by atoms with van der Waals surface area (Å²) in [5.41, 5.74) is 6.40. The number of benzene rings is 1. The highest BCUT2D eigenvalue weighted by Crippen LogP contribution is 2.24. The van der Waals surface area contributed by atoms with Gasteiger partial charge in [0.05, 0.1) is 12.1 Å². The van der Waals surface area contributed by atoms with Crippen molar-refractivity contribution in [2.24, 2.45) is 11.7 Å². The van der Waals surface area contributed by atoms with Crippen LogP contribution >= 0.6 is 11.6 Å². The Morgan fingerprint density at radius 1 is 1.44 bits per heavy atom. The molecule has 90 valence electrons. The smallest absolute Gasteiger partial charge is 0.125 e. The van der Waals surface area contributed by atoms with Gasteiger partial charge in [0.1, 0.15) is 5.82 Å². The molecule has 0 aliphatic heterocycles. The van der Waals surface area contributed by atoms with Gasteiger partial charge in [0.15, 0.2) is 0 Å². The Labute approximate surface area is 100 Å². The number of aliphatic hydroxyl groups is 1. The molecule has 0 saturated heterocycles. The number of halogens is 2. The number of hydrogen-bond acceptors (Lipinski definition) is 2. The molecule has 0 aliphatic carbocycles. The largest absolute Gasteiger partial charge is 0.391 e. The molecule has 0 heterocycles. The second kappa shape index (κ2) is 5.62. The van der Waals surface area contributed by atoms with Gasteiger partial charge < -0.3 is 10.8 Å². The van der Waals surface area contributed by atoms with Crippen LogP contribution in [0.15, 0.2) is 18.2 Å². The second-order valence-electron chi connectivity index (χ2n) is 4.10. The lowest BCUT2D eigenvalue weighted by atomic mass is 9.91. The Kier molecular flexibility index (Phi) is 4.71. The van der Waals surface area contributed by atoms with Crippen LogP contribution in [0.5, 0.6) is 0 Å². The van der Waals surface area contributed by atoms with Crippen molar-refractivity contribution in [2.75, 3.05) is 0 Å². The lowest BCUT2D eigenvalue weighted by Crippen LogP contribution is -2.31. The molecule has 0 fully saturated rings. The molecular formula is C12H17ClFNO. The standard InChI is InChI=1S/C12H17ClFNO/c1-3-7(2)12(16)11(15)8-4-9(13)6-10(14)5-8/h4-7,11-12,16H,3,15H2,1-2H3/t7?,11-,12+/m0/s1. The highest BCUT2D eigenvalue weighted by Gasteiger charge is 2.22. The highest BCUT2D eigenvalue weighted by molar-refractivity contribution is 6.30. The van der Waals surface area contributed by atoms with E-state index in [2.05, 4.69) is 0 Å². The summed E-state index contributed by atoms with van der Waals surface area (Å²) in [7, 11) is 0. The van der Waals surface area contributed by atoms with Gasteiger partial charge in [0.25, 0.3) is 0 Å². The van der Waals surface area contributed by atoms with Gasteiger partial charge >= 0.3 is 0 Å². The first-order chi connectivity index (χ1) is 7.45. The third kappa shape index (κ3) is 3.17. The van der Waals surface area contributed by atoms with E-state index in [4.69, 9.17) is 17.3 Å². The summed E-state index contributed by atoms with van der Waals surface area (Å²) < 4.78 is 13.1. The molecule has 3 N–H and O–H groups in total. The Hall–Kier alpha value is -0.640. The van der Waals surface area contributed by atoms with E-state index in [1.54, 1.807) is 6.07 Å². The number of rotatable bonds is 4. The van der Waals surface area contributed by atoms with Gasteiger partial charge in [-0.15, -0.1) is 0 Å². The van der Waals surface area contributed by atoms with Crippen LogP contribution in [0.2, 0.25) is 5.02 Å². The van der Waals surface area contributed by atoms with Crippen LogP contribution in [0, 0.1) is 11.7 Å². The van der Waals surface area contributed by atoms with Crippen LogP contribution in [0.3, 0.4) is 0 Å². The molecule has 16 heavy (non-hydrogen) atoms. The average molecular weight is 246 g/mol. The van der Waals surface area contributed by atoms with Crippen molar-refractivity contribution in [1.82, 2.24) is 0 Å². The van der Waals surface area contributed by atoms with Crippen molar-refractivity contribution >= 4 is 11.6 Å². The van der Waals surface area contributed by atoms with Crippen molar-refractivity contribution in [1.29, 1.82) is 0 Å². The zero-order valence-corrected chi connectivity index (χ0v) is 10.2. The molecule has 4 heteroatoms. The van der Waals surface area contributed by atoms with Crippen molar-refractivity contribution < 1.29 is 9.50 Å². The fourth-order valence-corrected chi connectivity index (χ4v) is 1.79. The molecule has 0 amide bonds. The summed E-state index contributed by atoms with van der Waals surface area (Å²) in [6, 6.07) is 3.50. The van der Waals surface area contributed by atoms with E-state index in [0.29, 0.717) is 10.6 Å². The molecule has 0 radical (unpaired) electrons. The van der Waals surface area contributed by atoms with E-state index in [1.165, 1.54) is 12.1 Å². The van der Waals surface area contributed by atoms with E-state index in [-0.39, 0.29) is 5.92 Å². The maximum Gasteiger partial charge on any atom is 0.125 e. The molecular weight excluding hydrogens is 229 g/mol. The van der Waals surface area contributed by atoms with Gasteiger partial charge in [-0.1, -0.05) is 31.9 Å². The van der Waals surface area contributed by atoms with Crippen LogP contribution in [0.4, 0.5) is 4.39 Å². The molecule has 0 spiro atoms. The van der Waals surface area contributed by atoms with E-state index in [1.807, 2.05) is 13.8 Å². The molecule has 0 aliphatic rings. The van der Waals surface area contributed by atoms with Crippen molar-refractivity contribution in [3.8, 4) is 0 Å². The monoisotopic (exact) mass is 245 g/mol. The van der Waals surface area contributed by atoms with Gasteiger partial charge in [-0.2, -0.15) is 0 Å². The minimum absolute atomic E-state index is 0.0667.